The summed E-state index contributed by atoms with van der Waals surface area (Å²) in [5.74, 6) is 7.18. The first-order valence-electron chi connectivity index (χ1n) is 19.2. The molecule has 0 bridgehead atoms. The second-order valence-electron chi connectivity index (χ2n) is 16.7. The van der Waals surface area contributed by atoms with Crippen LogP contribution in [0, 0.1) is 52.3 Å². The van der Waals surface area contributed by atoms with Crippen LogP contribution in [0.4, 0.5) is 0 Å². The summed E-state index contributed by atoms with van der Waals surface area (Å²) in [5, 5.41) is 0.688. The van der Waals surface area contributed by atoms with E-state index in [4.69, 9.17) is 18.9 Å². The van der Waals surface area contributed by atoms with Crippen molar-refractivity contribution in [3.05, 3.63) is 11.6 Å². The molecule has 4 aliphatic rings. The molecule has 5 heteroatoms. The van der Waals surface area contributed by atoms with Gasteiger partial charge in [0.2, 0.25) is 0 Å². The summed E-state index contributed by atoms with van der Waals surface area (Å²) in [6, 6.07) is 0. The smallest absolute Gasteiger partial charge is 0.0704 e. The second kappa shape index (κ2) is 18.1. The van der Waals surface area contributed by atoms with Gasteiger partial charge in [-0.05, 0) is 104 Å². The molecule has 3 fully saturated rings. The maximum atomic E-state index is 6.37. The molecular formula is C40H72O4S. The molecule has 8 unspecified atom stereocenters. The molecule has 9 atom stereocenters. The Morgan fingerprint density at radius 3 is 2.16 bits per heavy atom. The molecule has 4 nitrogen and oxygen atoms in total. The third-order valence-corrected chi connectivity index (χ3v) is 14.6. The van der Waals surface area contributed by atoms with Crippen LogP contribution in [0.15, 0.2) is 11.6 Å². The normalized spacial score (nSPS) is 34.4. The van der Waals surface area contributed by atoms with Crippen molar-refractivity contribution in [2.24, 2.45) is 52.3 Å². The molecule has 4 aliphatic carbocycles. The van der Waals surface area contributed by atoms with Gasteiger partial charge in [-0.15, -0.1) is 0 Å². The van der Waals surface area contributed by atoms with Gasteiger partial charge in [0.1, 0.15) is 0 Å². The zero-order valence-electron chi connectivity index (χ0n) is 30.7. The molecule has 0 amide bonds. The van der Waals surface area contributed by atoms with Crippen molar-refractivity contribution in [2.75, 3.05) is 52.0 Å². The van der Waals surface area contributed by atoms with E-state index in [-0.39, 0.29) is 0 Å². The average Bonchev–Trinajstić information content (AvgIpc) is 3.36. The third-order valence-electron chi connectivity index (χ3n) is 13.1. The van der Waals surface area contributed by atoms with Crippen molar-refractivity contribution in [1.82, 2.24) is 0 Å². The van der Waals surface area contributed by atoms with Crippen molar-refractivity contribution < 1.29 is 18.9 Å². The minimum absolute atomic E-state index is 0.357. The summed E-state index contributed by atoms with van der Waals surface area (Å²) >= 11 is 1.99. The Kier molecular flexibility index (Phi) is 15.2. The van der Waals surface area contributed by atoms with Gasteiger partial charge in [0.15, 0.2) is 0 Å². The van der Waals surface area contributed by atoms with Crippen LogP contribution < -0.4 is 0 Å². The molecule has 0 radical (unpaired) electrons. The first-order chi connectivity index (χ1) is 21.6. The molecule has 0 spiro atoms. The number of thioether (sulfide) groups is 1. The predicted molar refractivity (Wildman–Crippen MR) is 192 cm³/mol. The number of fused-ring (bicyclic) bond motifs is 5. The van der Waals surface area contributed by atoms with Crippen LogP contribution in [0.2, 0.25) is 0 Å². The Morgan fingerprint density at radius 1 is 0.778 bits per heavy atom. The highest BCUT2D eigenvalue weighted by Gasteiger charge is 2.59. The van der Waals surface area contributed by atoms with E-state index in [0.29, 0.717) is 61.8 Å². The Morgan fingerprint density at radius 2 is 1.47 bits per heavy atom. The second-order valence-corrected chi connectivity index (χ2v) is 18.2. The van der Waals surface area contributed by atoms with Gasteiger partial charge < -0.3 is 18.9 Å². The lowest BCUT2D eigenvalue weighted by atomic mass is 9.47. The first-order valence-corrected chi connectivity index (χ1v) is 20.3. The van der Waals surface area contributed by atoms with Gasteiger partial charge in [-0.2, -0.15) is 11.8 Å². The van der Waals surface area contributed by atoms with Crippen molar-refractivity contribution in [1.29, 1.82) is 0 Å². The van der Waals surface area contributed by atoms with Gasteiger partial charge in [-0.3, -0.25) is 0 Å². The van der Waals surface area contributed by atoms with Gasteiger partial charge in [-0.25, -0.2) is 0 Å². The summed E-state index contributed by atoms with van der Waals surface area (Å²) < 4.78 is 23.6. The van der Waals surface area contributed by atoms with E-state index < -0.39 is 0 Å². The van der Waals surface area contributed by atoms with Crippen LogP contribution in [0.25, 0.3) is 0 Å². The van der Waals surface area contributed by atoms with E-state index >= 15 is 0 Å². The fraction of sp³-hybridized carbons (Fsp3) is 0.950. The monoisotopic (exact) mass is 649 g/mol. The highest BCUT2D eigenvalue weighted by atomic mass is 32.2. The number of ether oxygens (including phenoxy) is 4. The molecular weight excluding hydrogens is 577 g/mol. The van der Waals surface area contributed by atoms with E-state index in [9.17, 15) is 0 Å². The summed E-state index contributed by atoms with van der Waals surface area (Å²) in [6.45, 7) is 24.2. The highest BCUT2D eigenvalue weighted by Crippen LogP contribution is 2.67. The largest absolute Gasteiger partial charge is 0.378 e. The molecule has 0 heterocycles. The topological polar surface area (TPSA) is 36.9 Å². The van der Waals surface area contributed by atoms with Gasteiger partial charge >= 0.3 is 0 Å². The van der Waals surface area contributed by atoms with Crippen LogP contribution >= 0.6 is 11.8 Å². The van der Waals surface area contributed by atoms with E-state index in [2.05, 4.69) is 61.5 Å². The van der Waals surface area contributed by atoms with E-state index in [1.54, 1.807) is 5.57 Å². The fourth-order valence-electron chi connectivity index (χ4n) is 10.1. The Balaban J connectivity index is 1.11. The minimum atomic E-state index is 0.357. The molecule has 0 aromatic carbocycles. The van der Waals surface area contributed by atoms with Crippen molar-refractivity contribution >= 4 is 11.8 Å². The lowest BCUT2D eigenvalue weighted by Crippen LogP contribution is -2.51. The Bertz CT molecular complexity index is 890. The first kappa shape index (κ1) is 37.7. The van der Waals surface area contributed by atoms with Crippen LogP contribution in [-0.2, 0) is 18.9 Å². The predicted octanol–water partition coefficient (Wildman–Crippen LogP) is 10.2. The van der Waals surface area contributed by atoms with Gasteiger partial charge in [0.05, 0.1) is 52.4 Å². The molecule has 0 N–H and O–H groups in total. The molecule has 4 rings (SSSR count). The van der Waals surface area contributed by atoms with Crippen molar-refractivity contribution in [3.8, 4) is 0 Å². The molecule has 0 saturated heterocycles. The highest BCUT2D eigenvalue weighted by molar-refractivity contribution is 7.99. The fourth-order valence-corrected chi connectivity index (χ4v) is 11.1. The van der Waals surface area contributed by atoms with E-state index in [1.807, 2.05) is 11.8 Å². The van der Waals surface area contributed by atoms with Gasteiger partial charge in [-0.1, -0.05) is 86.3 Å². The maximum absolute atomic E-state index is 6.37. The average molecular weight is 649 g/mol. The lowest BCUT2D eigenvalue weighted by Gasteiger charge is -2.58. The summed E-state index contributed by atoms with van der Waals surface area (Å²) in [7, 11) is 0. The standard InChI is InChI=1S/C40H72O4S/c1-29(2)10-9-11-31(5)36-14-15-37-35-13-12-33-28-34(16-18-39(33,7)38(35)17-19-40(36,37)8)44-25-24-42-21-20-41-22-23-43-26-27-45-32(6)30(3)4/h12,29-32,34-38H,9-11,13-28H2,1-8H3/t31?,32?,34-,35?,36?,37?,38?,39?,40?/m0/s1. The summed E-state index contributed by atoms with van der Waals surface area (Å²) in [6.07, 6.45) is 18.2. The van der Waals surface area contributed by atoms with Gasteiger partial charge in [0.25, 0.3) is 0 Å². The molecule has 0 aromatic heterocycles. The zero-order valence-corrected chi connectivity index (χ0v) is 31.6. The number of allylic oxidation sites excluding steroid dienone is 1. The third kappa shape index (κ3) is 9.99. The molecule has 3 saturated carbocycles. The SMILES string of the molecule is CC(C)CCCC(C)C1CCC2C3CC=C4C[C@@H](OCCOCCOCCOCCSC(C)C(C)C)CCC4(C)C3CCC12C. The van der Waals surface area contributed by atoms with Crippen LogP contribution in [-0.4, -0.2) is 63.4 Å². The summed E-state index contributed by atoms with van der Waals surface area (Å²) in [4.78, 5) is 0. The lowest BCUT2D eigenvalue weighted by molar-refractivity contribution is -0.0691. The number of hydrogen-bond donors (Lipinski definition) is 0. The molecule has 262 valence electrons. The van der Waals surface area contributed by atoms with E-state index in [1.165, 1.54) is 64.2 Å². The maximum Gasteiger partial charge on any atom is 0.0704 e. The quantitative estimate of drug-likeness (QED) is 0.0970. The Labute approximate surface area is 283 Å². The number of hydrogen-bond acceptors (Lipinski definition) is 5. The van der Waals surface area contributed by atoms with E-state index in [0.717, 1.165) is 60.2 Å². The molecule has 0 aromatic rings. The van der Waals surface area contributed by atoms with Crippen molar-refractivity contribution in [3.63, 3.8) is 0 Å². The number of rotatable bonds is 20. The van der Waals surface area contributed by atoms with Gasteiger partial charge in [0, 0.05) is 11.0 Å². The molecule has 45 heavy (non-hydrogen) atoms. The molecule has 0 aliphatic heterocycles. The zero-order chi connectivity index (χ0) is 32.5. The summed E-state index contributed by atoms with van der Waals surface area (Å²) in [5.41, 5.74) is 2.70. The van der Waals surface area contributed by atoms with Crippen molar-refractivity contribution in [2.45, 2.75) is 137 Å². The minimum Gasteiger partial charge on any atom is -0.378 e. The van der Waals surface area contributed by atoms with Crippen LogP contribution in [0.1, 0.15) is 126 Å². The van der Waals surface area contributed by atoms with Crippen LogP contribution in [0.5, 0.6) is 0 Å². The van der Waals surface area contributed by atoms with Crippen LogP contribution in [0.3, 0.4) is 0 Å². The Hall–Kier alpha value is -0.0700.